The van der Waals surface area contributed by atoms with Crippen molar-refractivity contribution in [2.45, 2.75) is 0 Å². The fourth-order valence-electron chi connectivity index (χ4n) is 0. The van der Waals surface area contributed by atoms with Crippen molar-refractivity contribution in [1.82, 2.24) is 0 Å². The molecule has 0 aromatic rings. The molecule has 0 unspecified atom stereocenters. The summed E-state index contributed by atoms with van der Waals surface area (Å²) in [5.74, 6) is 0. The number of halogens is 1. The molecular weight excluding hydrogens is 175 g/mol. The maximum Gasteiger partial charge on any atom is 3.00 e. The summed E-state index contributed by atoms with van der Waals surface area (Å²) >= 11 is 0. The summed E-state index contributed by atoms with van der Waals surface area (Å²) in [6.45, 7) is 0. The van der Waals surface area contributed by atoms with Gasteiger partial charge in [-0.05, 0) is 0 Å². The maximum atomic E-state index is 10.1. The van der Waals surface area contributed by atoms with Crippen LogP contribution in [0, 0.1) is 0 Å². The predicted octanol–water partition coefficient (Wildman–Crippen LogP) is -3.60. The molecular formula is CuFO4Si. The van der Waals surface area contributed by atoms with Crippen LogP contribution >= 0.6 is 0 Å². The topological polar surface area (TPSA) is 78.4 Å². The number of rotatable bonds is 1. The van der Waals surface area contributed by atoms with Gasteiger partial charge >= 0.3 is 17.1 Å². The van der Waals surface area contributed by atoms with Crippen molar-refractivity contribution >= 4 is 9.05 Å². The van der Waals surface area contributed by atoms with E-state index in [1.165, 1.54) is 0 Å². The first-order valence-corrected chi connectivity index (χ1v) is 2.60. The number of hydrogen-bond acceptors (Lipinski definition) is 4. The van der Waals surface area contributed by atoms with Crippen LogP contribution in [0.3, 0.4) is 0 Å². The average molecular weight is 175 g/mol. The van der Waals surface area contributed by atoms with E-state index in [2.05, 4.69) is 0 Å². The van der Waals surface area contributed by atoms with Crippen molar-refractivity contribution in [3.05, 3.63) is 0 Å². The molecule has 0 aromatic carbocycles. The van der Waals surface area contributed by atoms with Crippen LogP contribution in [0.25, 0.3) is 0 Å². The van der Waals surface area contributed by atoms with Crippen LogP contribution in [0.15, 0.2) is 0 Å². The van der Waals surface area contributed by atoms with Gasteiger partial charge in [-0.1, -0.05) is 13.6 Å². The first-order chi connectivity index (χ1) is 2.56. The van der Waals surface area contributed by atoms with E-state index in [-0.39, 0.29) is 17.1 Å². The summed E-state index contributed by atoms with van der Waals surface area (Å²) in [6, 6.07) is 0. The maximum absolute atomic E-state index is 10.1. The first-order valence-electron chi connectivity index (χ1n) is 0.971. The van der Waals surface area contributed by atoms with E-state index in [0.717, 1.165) is 0 Å². The Morgan fingerprint density at radius 2 is 1.43 bits per heavy atom. The minimum atomic E-state index is -5.55. The molecule has 0 heterocycles. The molecule has 4 nitrogen and oxygen atoms in total. The molecule has 0 saturated heterocycles. The van der Waals surface area contributed by atoms with Crippen molar-refractivity contribution in [3.8, 4) is 0 Å². The summed E-state index contributed by atoms with van der Waals surface area (Å²) < 4.78 is 12.0. The molecule has 0 atom stereocenters. The zero-order valence-corrected chi connectivity index (χ0v) is 4.75. The summed E-state index contributed by atoms with van der Waals surface area (Å²) in [7, 11) is -5.55. The molecule has 0 saturated carbocycles. The molecule has 0 bridgehead atoms. The van der Waals surface area contributed by atoms with E-state index in [1.807, 2.05) is 4.63 Å². The van der Waals surface area contributed by atoms with Gasteiger partial charge in [0, 0.05) is 0 Å². The molecule has 46 valence electrons. The Labute approximate surface area is 50.4 Å². The van der Waals surface area contributed by atoms with Crippen molar-refractivity contribution < 1.29 is 40.6 Å². The third-order valence-corrected chi connectivity index (χ3v) is 0.283. The summed E-state index contributed by atoms with van der Waals surface area (Å²) in [5, 5.41) is 0. The fraction of sp³-hybridized carbons (Fsp3) is 0. The van der Waals surface area contributed by atoms with Crippen LogP contribution in [0.2, 0.25) is 0 Å². The van der Waals surface area contributed by atoms with E-state index >= 15 is 0 Å². The normalized spacial score (nSPS) is 10.3. The summed E-state index contributed by atoms with van der Waals surface area (Å²) in [6.07, 6.45) is 0. The fourth-order valence-corrected chi connectivity index (χ4v) is 0. The van der Waals surface area contributed by atoms with Gasteiger partial charge in [0.15, 0.2) is 0 Å². The second-order valence-electron chi connectivity index (χ2n) is 0.577. The van der Waals surface area contributed by atoms with E-state index in [1.54, 1.807) is 0 Å². The van der Waals surface area contributed by atoms with E-state index < -0.39 is 9.05 Å². The predicted molar refractivity (Wildman–Crippen MR) is 7.95 cm³/mol. The Morgan fingerprint density at radius 1 is 1.29 bits per heavy atom. The minimum Gasteiger partial charge on any atom is -0.858 e. The number of hydrogen-bond donors (Lipinski definition) is 0. The second kappa shape index (κ2) is 3.50. The molecule has 0 aliphatic heterocycles. The third-order valence-electron chi connectivity index (χ3n) is 0.0945. The van der Waals surface area contributed by atoms with E-state index in [4.69, 9.17) is 14.4 Å². The van der Waals surface area contributed by atoms with Crippen LogP contribution in [-0.2, 0) is 21.7 Å². The average Bonchev–Trinajstić information content (AvgIpc) is 1.35. The third kappa shape index (κ3) is 10.7. The first kappa shape index (κ1) is 10.5. The van der Waals surface area contributed by atoms with Gasteiger partial charge in [-0.25, -0.2) is 0 Å². The van der Waals surface area contributed by atoms with E-state index in [9.17, 15) is 4.53 Å². The SMILES string of the molecule is [Cu+3].[O-][Si]([O-])([O-])OF. The smallest absolute Gasteiger partial charge is 0.858 e. The van der Waals surface area contributed by atoms with Gasteiger partial charge in [-0.2, -0.15) is 0 Å². The minimum absolute atomic E-state index is 0. The molecule has 0 N–H and O–H groups in total. The zero-order chi connectivity index (χ0) is 5.21. The van der Waals surface area contributed by atoms with Gasteiger partial charge in [0.25, 0.3) is 0 Å². The van der Waals surface area contributed by atoms with Crippen LogP contribution in [0.4, 0.5) is 4.53 Å². The van der Waals surface area contributed by atoms with Crippen LogP contribution in [0.1, 0.15) is 0 Å². The Bertz CT molecular complexity index is 41.4. The molecule has 0 rings (SSSR count). The molecule has 0 spiro atoms. The Balaban J connectivity index is 0. The Kier molecular flexibility index (Phi) is 5.24. The molecule has 7 heteroatoms. The largest absolute Gasteiger partial charge is 3.00 e. The van der Waals surface area contributed by atoms with Gasteiger partial charge in [0.2, 0.25) is 0 Å². The van der Waals surface area contributed by atoms with E-state index in [0.29, 0.717) is 0 Å². The summed E-state index contributed by atoms with van der Waals surface area (Å²) in [4.78, 5) is 26.7. The standard InChI is InChI=1S/Cu.FO4Si/c;1-5-6(2,3)4/q+3;-3. The monoisotopic (exact) mass is 174 g/mol. The second-order valence-corrected chi connectivity index (χ2v) is 1.73. The van der Waals surface area contributed by atoms with Crippen molar-refractivity contribution in [2.24, 2.45) is 0 Å². The van der Waals surface area contributed by atoms with Crippen LogP contribution in [-0.4, -0.2) is 9.05 Å². The van der Waals surface area contributed by atoms with Gasteiger partial charge in [-0.3, -0.25) is 0 Å². The van der Waals surface area contributed by atoms with Gasteiger partial charge in [0.1, 0.15) is 0 Å². The molecule has 0 fully saturated rings. The quantitative estimate of drug-likeness (QED) is 0.385. The van der Waals surface area contributed by atoms with Crippen LogP contribution < -0.4 is 14.4 Å². The van der Waals surface area contributed by atoms with Crippen molar-refractivity contribution in [1.29, 1.82) is 0 Å². The summed E-state index contributed by atoms with van der Waals surface area (Å²) in [5.41, 5.74) is 0. The van der Waals surface area contributed by atoms with Crippen molar-refractivity contribution in [3.63, 3.8) is 0 Å². The molecule has 7 heavy (non-hydrogen) atoms. The van der Waals surface area contributed by atoms with Crippen molar-refractivity contribution in [2.75, 3.05) is 0 Å². The molecule has 0 amide bonds. The zero-order valence-electron chi connectivity index (χ0n) is 2.81. The molecule has 0 aliphatic carbocycles. The molecule has 0 radical (unpaired) electrons. The van der Waals surface area contributed by atoms with Crippen LogP contribution in [0.5, 0.6) is 0 Å². The molecule has 0 aromatic heterocycles. The van der Waals surface area contributed by atoms with Gasteiger partial charge < -0.3 is 19.0 Å². The van der Waals surface area contributed by atoms with Gasteiger partial charge in [-0.15, -0.1) is 0 Å². The Hall–Kier alpha value is 0.506. The Morgan fingerprint density at radius 3 is 1.43 bits per heavy atom. The molecule has 0 aliphatic rings. The van der Waals surface area contributed by atoms with Gasteiger partial charge in [0.05, 0.1) is 0 Å².